The number of nitrogens with zero attached hydrogens (tertiary/aromatic N) is 1. The highest BCUT2D eigenvalue weighted by Gasteiger charge is 1.93. The van der Waals surface area contributed by atoms with Gasteiger partial charge in [0.2, 0.25) is 0 Å². The minimum absolute atomic E-state index is 0.0764. The van der Waals surface area contributed by atoms with Gasteiger partial charge in [-0.2, -0.15) is 4.99 Å². The molecule has 16 heavy (non-hydrogen) atoms. The Morgan fingerprint density at radius 1 is 1.19 bits per heavy atom. The van der Waals surface area contributed by atoms with E-state index in [-0.39, 0.29) is 11.5 Å². The van der Waals surface area contributed by atoms with Crippen LogP contribution in [0.5, 0.6) is 11.5 Å². The summed E-state index contributed by atoms with van der Waals surface area (Å²) >= 11 is 0. The predicted octanol–water partition coefficient (Wildman–Crippen LogP) is 1.57. The average molecular weight is 222 g/mol. The Balaban J connectivity index is 0.000000160. The number of nitrogens with one attached hydrogen (secondary N) is 1. The Morgan fingerprint density at radius 3 is 2.12 bits per heavy atom. The second-order valence-corrected chi connectivity index (χ2v) is 2.62. The molecule has 0 spiro atoms. The maximum Gasteiger partial charge on any atom is 0.157 e. The lowest BCUT2D eigenvalue weighted by Gasteiger charge is -1.97. The molecule has 0 atom stereocenters. The van der Waals surface area contributed by atoms with Crippen molar-refractivity contribution in [2.24, 2.45) is 5.16 Å². The molecule has 84 valence electrons. The van der Waals surface area contributed by atoms with Crippen molar-refractivity contribution in [3.8, 4) is 11.5 Å². The summed E-state index contributed by atoms with van der Waals surface area (Å²) in [5.74, 6) is -0.153. The molecule has 6 heteroatoms. The molecule has 0 radical (unpaired) electrons. The van der Waals surface area contributed by atoms with Crippen molar-refractivity contribution in [1.82, 2.24) is 0 Å². The Hall–Kier alpha value is -2.50. The lowest BCUT2D eigenvalue weighted by atomic mass is 10.3. The molecule has 6 nitrogen and oxygen atoms in total. The Bertz CT molecular complexity index is 394. The molecule has 0 bridgehead atoms. The molecule has 0 fully saturated rings. The van der Waals surface area contributed by atoms with Gasteiger partial charge in [0, 0.05) is 12.3 Å². The smallest absolute Gasteiger partial charge is 0.157 e. The first kappa shape index (κ1) is 11.6. The average Bonchev–Trinajstić information content (AvgIpc) is 2.35. The topological polar surface area (TPSA) is 95.1 Å². The first-order valence-electron chi connectivity index (χ1n) is 4.28. The van der Waals surface area contributed by atoms with Crippen molar-refractivity contribution in [3.63, 3.8) is 0 Å². The van der Waals surface area contributed by atoms with Crippen LogP contribution in [-0.2, 0) is 9.88 Å². The zero-order valence-electron chi connectivity index (χ0n) is 8.20. The van der Waals surface area contributed by atoms with Crippen molar-refractivity contribution in [3.05, 3.63) is 36.6 Å². The molecule has 1 aliphatic rings. The Kier molecular flexibility index (Phi) is 4.39. The summed E-state index contributed by atoms with van der Waals surface area (Å²) in [6.45, 7) is 0. The first-order valence-corrected chi connectivity index (χ1v) is 4.28. The third-order valence-electron chi connectivity index (χ3n) is 1.51. The van der Waals surface area contributed by atoms with Crippen LogP contribution in [0.3, 0.4) is 0 Å². The standard InChI is InChI=1S/C6H6O2.C4H4N2O2/c7-5-3-1-2-4-6(5)8;5-3-4-1-2-7-8-6-4/h1-4,7-8H;1-3,5H. The maximum absolute atomic E-state index is 8.67. The molecule has 2 rings (SSSR count). The van der Waals surface area contributed by atoms with Crippen LogP contribution < -0.4 is 0 Å². The van der Waals surface area contributed by atoms with Gasteiger partial charge >= 0.3 is 0 Å². The van der Waals surface area contributed by atoms with Gasteiger partial charge in [-0.25, -0.2) is 0 Å². The number of hydrogen-bond acceptors (Lipinski definition) is 6. The van der Waals surface area contributed by atoms with E-state index in [1.54, 1.807) is 12.1 Å². The SMILES string of the molecule is N=CC1=NOOC=C1.Oc1ccccc1O. The number of rotatable bonds is 1. The van der Waals surface area contributed by atoms with E-state index in [0.717, 1.165) is 6.21 Å². The fourth-order valence-corrected chi connectivity index (χ4v) is 0.756. The molecule has 1 aromatic carbocycles. The summed E-state index contributed by atoms with van der Waals surface area (Å²) in [4.78, 5) is 8.35. The molecule has 0 aliphatic carbocycles. The highest BCUT2D eigenvalue weighted by atomic mass is 17.3. The zero-order chi connectivity index (χ0) is 11.8. The second kappa shape index (κ2) is 6.07. The van der Waals surface area contributed by atoms with Gasteiger partial charge in [-0.1, -0.05) is 12.1 Å². The van der Waals surface area contributed by atoms with Gasteiger partial charge in [0.05, 0.1) is 0 Å². The number of oxime groups is 1. The molecule has 3 N–H and O–H groups in total. The fraction of sp³-hybridized carbons (Fsp3) is 0. The third-order valence-corrected chi connectivity index (χ3v) is 1.51. The largest absolute Gasteiger partial charge is 0.504 e. The highest BCUT2D eigenvalue weighted by Crippen LogP contribution is 2.21. The molecule has 1 heterocycles. The number of aromatic hydroxyl groups is 2. The van der Waals surface area contributed by atoms with Crippen molar-refractivity contribution < 1.29 is 20.1 Å². The van der Waals surface area contributed by atoms with Crippen LogP contribution in [0.4, 0.5) is 0 Å². The molecule has 0 unspecified atom stereocenters. The molecule has 0 amide bonds. The van der Waals surface area contributed by atoms with E-state index in [2.05, 4.69) is 15.0 Å². The molecule has 0 saturated carbocycles. The maximum atomic E-state index is 8.67. The van der Waals surface area contributed by atoms with E-state index in [1.807, 2.05) is 0 Å². The second-order valence-electron chi connectivity index (χ2n) is 2.62. The van der Waals surface area contributed by atoms with Gasteiger partial charge < -0.3 is 15.6 Å². The van der Waals surface area contributed by atoms with Gasteiger partial charge in [0.25, 0.3) is 0 Å². The van der Waals surface area contributed by atoms with Crippen LogP contribution in [0.2, 0.25) is 0 Å². The van der Waals surface area contributed by atoms with Crippen LogP contribution >= 0.6 is 0 Å². The summed E-state index contributed by atoms with van der Waals surface area (Å²) in [6.07, 6.45) is 3.91. The van der Waals surface area contributed by atoms with E-state index in [1.165, 1.54) is 24.5 Å². The number of benzene rings is 1. The molecule has 1 aromatic rings. The first-order chi connectivity index (χ1) is 7.74. The van der Waals surface area contributed by atoms with Crippen molar-refractivity contribution in [2.45, 2.75) is 0 Å². The molecule has 1 aliphatic heterocycles. The van der Waals surface area contributed by atoms with Gasteiger partial charge in [0.1, 0.15) is 12.0 Å². The molecule has 0 saturated heterocycles. The number of para-hydroxylation sites is 2. The normalized spacial score (nSPS) is 12.4. The van der Waals surface area contributed by atoms with Crippen LogP contribution in [0.1, 0.15) is 0 Å². The number of phenolic OH excluding ortho intramolecular Hbond substituents is 2. The minimum atomic E-state index is -0.0764. The summed E-state index contributed by atoms with van der Waals surface area (Å²) in [5.41, 5.74) is 0.441. The van der Waals surface area contributed by atoms with Crippen LogP contribution in [0.25, 0.3) is 0 Å². The van der Waals surface area contributed by atoms with Gasteiger partial charge in [-0.05, 0) is 17.3 Å². The van der Waals surface area contributed by atoms with Gasteiger partial charge in [-0.3, -0.25) is 4.89 Å². The number of allylic oxidation sites excluding steroid dienone is 1. The molecule has 0 aromatic heterocycles. The Labute approximate surface area is 91.5 Å². The summed E-state index contributed by atoms with van der Waals surface area (Å²) in [6, 6.07) is 6.15. The van der Waals surface area contributed by atoms with E-state index >= 15 is 0 Å². The number of phenols is 2. The van der Waals surface area contributed by atoms with Crippen molar-refractivity contribution >= 4 is 11.9 Å². The van der Waals surface area contributed by atoms with Crippen LogP contribution in [0.15, 0.2) is 41.8 Å². The van der Waals surface area contributed by atoms with E-state index in [4.69, 9.17) is 15.6 Å². The lowest BCUT2D eigenvalue weighted by Crippen LogP contribution is -1.99. The van der Waals surface area contributed by atoms with Gasteiger partial charge in [-0.15, -0.1) is 0 Å². The Morgan fingerprint density at radius 2 is 1.81 bits per heavy atom. The summed E-state index contributed by atoms with van der Waals surface area (Å²) in [7, 11) is 0. The quantitative estimate of drug-likeness (QED) is 0.381. The predicted molar refractivity (Wildman–Crippen MR) is 57.3 cm³/mol. The van der Waals surface area contributed by atoms with Crippen molar-refractivity contribution in [2.75, 3.05) is 0 Å². The van der Waals surface area contributed by atoms with Crippen LogP contribution in [0, 0.1) is 5.41 Å². The molecular weight excluding hydrogens is 212 g/mol. The van der Waals surface area contributed by atoms with E-state index in [0.29, 0.717) is 5.71 Å². The summed E-state index contributed by atoms with van der Waals surface area (Å²) in [5, 5.41) is 27.3. The number of hydrogen-bond donors (Lipinski definition) is 3. The van der Waals surface area contributed by atoms with E-state index < -0.39 is 0 Å². The summed E-state index contributed by atoms with van der Waals surface area (Å²) < 4.78 is 0. The third kappa shape index (κ3) is 3.70. The fourth-order valence-electron chi connectivity index (χ4n) is 0.756. The monoisotopic (exact) mass is 222 g/mol. The zero-order valence-corrected chi connectivity index (χ0v) is 8.20. The van der Waals surface area contributed by atoms with Crippen molar-refractivity contribution in [1.29, 1.82) is 5.41 Å². The lowest BCUT2D eigenvalue weighted by molar-refractivity contribution is -0.251. The highest BCUT2D eigenvalue weighted by molar-refractivity contribution is 6.34. The molecular formula is C10H10N2O4. The van der Waals surface area contributed by atoms with E-state index in [9.17, 15) is 0 Å². The van der Waals surface area contributed by atoms with Gasteiger partial charge in [0.15, 0.2) is 11.5 Å². The van der Waals surface area contributed by atoms with Crippen LogP contribution in [-0.4, -0.2) is 22.1 Å². The minimum Gasteiger partial charge on any atom is -0.504 e.